The number of halogens is 1. The van der Waals surface area contributed by atoms with Crippen molar-refractivity contribution in [2.24, 2.45) is 0 Å². The molecule has 0 fully saturated rings. The third-order valence-electron chi connectivity index (χ3n) is 3.24. The van der Waals surface area contributed by atoms with Crippen molar-refractivity contribution in [2.45, 2.75) is 12.5 Å². The molecule has 2 rings (SSSR count). The molecular formula is C16H18FNO3. The SMILES string of the molecule is COCC(O)CCNC(=O)c1ccc(F)c2ccccc12. The summed E-state index contributed by atoms with van der Waals surface area (Å²) >= 11 is 0. The molecule has 0 aliphatic carbocycles. The standard InChI is InChI=1S/C16H18FNO3/c1-21-10-11(19)8-9-18-16(20)14-6-7-15(17)13-5-3-2-4-12(13)14/h2-7,11,19H,8-10H2,1H3,(H,18,20). The quantitative estimate of drug-likeness (QED) is 0.857. The Morgan fingerprint density at radius 2 is 2.00 bits per heavy atom. The van der Waals surface area contributed by atoms with Gasteiger partial charge in [0.15, 0.2) is 0 Å². The van der Waals surface area contributed by atoms with Gasteiger partial charge in [-0.05, 0) is 23.9 Å². The van der Waals surface area contributed by atoms with Crippen molar-refractivity contribution in [3.8, 4) is 0 Å². The molecule has 0 aliphatic heterocycles. The van der Waals surface area contributed by atoms with E-state index in [1.165, 1.54) is 19.2 Å². The summed E-state index contributed by atoms with van der Waals surface area (Å²) in [6.45, 7) is 0.560. The lowest BCUT2D eigenvalue weighted by Crippen LogP contribution is -2.28. The fourth-order valence-electron chi connectivity index (χ4n) is 2.18. The summed E-state index contributed by atoms with van der Waals surface area (Å²) < 4.78 is 18.5. The number of aliphatic hydroxyl groups excluding tert-OH is 1. The van der Waals surface area contributed by atoms with Crippen molar-refractivity contribution in [2.75, 3.05) is 20.3 Å². The zero-order valence-electron chi connectivity index (χ0n) is 11.8. The van der Waals surface area contributed by atoms with Crippen molar-refractivity contribution in [3.63, 3.8) is 0 Å². The lowest BCUT2D eigenvalue weighted by molar-refractivity contribution is 0.0588. The second kappa shape index (κ2) is 7.15. The van der Waals surface area contributed by atoms with Gasteiger partial charge in [-0.25, -0.2) is 4.39 Å². The molecule has 0 saturated heterocycles. The minimum Gasteiger partial charge on any atom is -0.391 e. The van der Waals surface area contributed by atoms with Crippen LogP contribution in [0.1, 0.15) is 16.8 Å². The van der Waals surface area contributed by atoms with E-state index >= 15 is 0 Å². The molecule has 0 saturated carbocycles. The summed E-state index contributed by atoms with van der Waals surface area (Å²) in [5.74, 6) is -0.631. The van der Waals surface area contributed by atoms with E-state index in [0.717, 1.165) is 0 Å². The summed E-state index contributed by atoms with van der Waals surface area (Å²) in [5, 5.41) is 13.2. The van der Waals surface area contributed by atoms with Crippen molar-refractivity contribution in [3.05, 3.63) is 47.8 Å². The number of carbonyl (C=O) groups is 1. The molecular weight excluding hydrogens is 273 g/mol. The molecule has 0 aliphatic rings. The number of nitrogens with one attached hydrogen (secondary N) is 1. The average Bonchev–Trinajstić information content (AvgIpc) is 2.48. The maximum absolute atomic E-state index is 13.7. The second-order valence-corrected chi connectivity index (χ2v) is 4.79. The molecule has 2 N–H and O–H groups in total. The number of methoxy groups -OCH3 is 1. The van der Waals surface area contributed by atoms with Gasteiger partial charge in [-0.1, -0.05) is 24.3 Å². The topological polar surface area (TPSA) is 58.6 Å². The van der Waals surface area contributed by atoms with Gasteiger partial charge >= 0.3 is 0 Å². The number of carbonyl (C=O) groups excluding carboxylic acids is 1. The van der Waals surface area contributed by atoms with E-state index in [0.29, 0.717) is 29.3 Å². The predicted octanol–water partition coefficient (Wildman–Crippen LogP) is 2.11. The highest BCUT2D eigenvalue weighted by Crippen LogP contribution is 2.21. The van der Waals surface area contributed by atoms with Crippen LogP contribution in [0.3, 0.4) is 0 Å². The van der Waals surface area contributed by atoms with Crippen LogP contribution in [0, 0.1) is 5.82 Å². The van der Waals surface area contributed by atoms with Crippen LogP contribution in [0.4, 0.5) is 4.39 Å². The molecule has 5 heteroatoms. The molecule has 2 aromatic rings. The summed E-state index contributed by atoms with van der Waals surface area (Å²) in [5.41, 5.74) is 0.424. The number of amides is 1. The van der Waals surface area contributed by atoms with Crippen molar-refractivity contribution in [1.82, 2.24) is 5.32 Å². The van der Waals surface area contributed by atoms with E-state index in [9.17, 15) is 14.3 Å². The van der Waals surface area contributed by atoms with Crippen LogP contribution in [0.5, 0.6) is 0 Å². The Kier molecular flexibility index (Phi) is 5.25. The third kappa shape index (κ3) is 3.77. The van der Waals surface area contributed by atoms with E-state index in [2.05, 4.69) is 5.32 Å². The normalized spacial score (nSPS) is 12.3. The fraction of sp³-hybridized carbons (Fsp3) is 0.312. The van der Waals surface area contributed by atoms with Crippen LogP contribution in [-0.4, -0.2) is 37.4 Å². The highest BCUT2D eigenvalue weighted by Gasteiger charge is 2.12. The van der Waals surface area contributed by atoms with Gasteiger partial charge in [0.25, 0.3) is 5.91 Å². The number of hydrogen-bond donors (Lipinski definition) is 2. The van der Waals surface area contributed by atoms with Gasteiger partial charge in [-0.3, -0.25) is 4.79 Å². The highest BCUT2D eigenvalue weighted by molar-refractivity contribution is 6.07. The molecule has 1 atom stereocenters. The average molecular weight is 291 g/mol. The molecule has 0 spiro atoms. The summed E-state index contributed by atoms with van der Waals surface area (Å²) in [6.07, 6.45) is -0.209. The summed E-state index contributed by atoms with van der Waals surface area (Å²) in [6, 6.07) is 9.61. The van der Waals surface area contributed by atoms with Crippen LogP contribution in [0.25, 0.3) is 10.8 Å². The highest BCUT2D eigenvalue weighted by atomic mass is 19.1. The molecule has 0 bridgehead atoms. The molecule has 0 radical (unpaired) electrons. The minimum atomic E-state index is -0.611. The Bertz CT molecular complexity index is 630. The first-order chi connectivity index (χ1) is 10.1. The van der Waals surface area contributed by atoms with Gasteiger partial charge < -0.3 is 15.2 Å². The van der Waals surface area contributed by atoms with Crippen LogP contribution in [0.15, 0.2) is 36.4 Å². The molecule has 4 nitrogen and oxygen atoms in total. The lowest BCUT2D eigenvalue weighted by Gasteiger charge is -2.11. The Morgan fingerprint density at radius 3 is 2.71 bits per heavy atom. The van der Waals surface area contributed by atoms with Gasteiger partial charge in [0, 0.05) is 24.6 Å². The number of ether oxygens (including phenoxy) is 1. The number of benzene rings is 2. The van der Waals surface area contributed by atoms with Crippen molar-refractivity contribution in [1.29, 1.82) is 0 Å². The number of rotatable bonds is 6. The predicted molar refractivity (Wildman–Crippen MR) is 78.7 cm³/mol. The zero-order valence-corrected chi connectivity index (χ0v) is 11.8. The van der Waals surface area contributed by atoms with E-state index in [-0.39, 0.29) is 18.3 Å². The van der Waals surface area contributed by atoms with E-state index in [1.807, 2.05) is 0 Å². The van der Waals surface area contributed by atoms with Gasteiger partial charge in [-0.15, -0.1) is 0 Å². The molecule has 0 aromatic heterocycles. The number of hydrogen-bond acceptors (Lipinski definition) is 3. The summed E-state index contributed by atoms with van der Waals surface area (Å²) in [4.78, 5) is 12.2. The van der Waals surface area contributed by atoms with Gasteiger partial charge in [0.1, 0.15) is 5.82 Å². The van der Waals surface area contributed by atoms with Crippen LogP contribution in [0.2, 0.25) is 0 Å². The molecule has 21 heavy (non-hydrogen) atoms. The Morgan fingerprint density at radius 1 is 1.29 bits per heavy atom. The zero-order chi connectivity index (χ0) is 15.2. The maximum atomic E-state index is 13.7. The Balaban J connectivity index is 2.08. The van der Waals surface area contributed by atoms with Crippen molar-refractivity contribution < 1.29 is 19.0 Å². The van der Waals surface area contributed by atoms with E-state index < -0.39 is 6.10 Å². The fourth-order valence-corrected chi connectivity index (χ4v) is 2.18. The lowest BCUT2D eigenvalue weighted by atomic mass is 10.0. The molecule has 112 valence electrons. The minimum absolute atomic E-state index is 0.231. The first kappa shape index (κ1) is 15.4. The molecule has 2 aromatic carbocycles. The van der Waals surface area contributed by atoms with Crippen molar-refractivity contribution >= 4 is 16.7 Å². The van der Waals surface area contributed by atoms with Crippen LogP contribution in [-0.2, 0) is 4.74 Å². The third-order valence-corrected chi connectivity index (χ3v) is 3.24. The van der Waals surface area contributed by atoms with Gasteiger partial charge in [0.2, 0.25) is 0 Å². The Labute approximate surface area is 122 Å². The molecule has 1 amide bonds. The second-order valence-electron chi connectivity index (χ2n) is 4.79. The van der Waals surface area contributed by atoms with E-state index in [1.54, 1.807) is 24.3 Å². The van der Waals surface area contributed by atoms with Crippen LogP contribution >= 0.6 is 0 Å². The first-order valence-corrected chi connectivity index (χ1v) is 6.76. The Hall–Kier alpha value is -1.98. The first-order valence-electron chi connectivity index (χ1n) is 6.76. The number of aliphatic hydroxyl groups is 1. The maximum Gasteiger partial charge on any atom is 0.251 e. The summed E-state index contributed by atoms with van der Waals surface area (Å²) in [7, 11) is 1.51. The number of fused-ring (bicyclic) bond motifs is 1. The monoisotopic (exact) mass is 291 g/mol. The van der Waals surface area contributed by atoms with E-state index in [4.69, 9.17) is 4.74 Å². The molecule has 0 heterocycles. The molecule has 1 unspecified atom stereocenters. The smallest absolute Gasteiger partial charge is 0.251 e. The van der Waals surface area contributed by atoms with Gasteiger partial charge in [-0.2, -0.15) is 0 Å². The van der Waals surface area contributed by atoms with Crippen LogP contribution < -0.4 is 5.32 Å². The largest absolute Gasteiger partial charge is 0.391 e. The van der Waals surface area contributed by atoms with Gasteiger partial charge in [0.05, 0.1) is 12.7 Å².